The maximum Gasteiger partial charge on any atom is 0.251 e. The van der Waals surface area contributed by atoms with Crippen LogP contribution in [0.2, 0.25) is 10.0 Å². The third-order valence-electron chi connectivity index (χ3n) is 5.22. The summed E-state index contributed by atoms with van der Waals surface area (Å²) in [5.41, 5.74) is 4.68. The molecule has 4 aromatic rings. The summed E-state index contributed by atoms with van der Waals surface area (Å²) in [5.74, 6) is -0.211. The van der Waals surface area contributed by atoms with Gasteiger partial charge in [-0.25, -0.2) is 4.98 Å². The lowest BCUT2D eigenvalue weighted by Crippen LogP contribution is -2.23. The highest BCUT2D eigenvalue weighted by Crippen LogP contribution is 2.22. The molecule has 33 heavy (non-hydrogen) atoms. The van der Waals surface area contributed by atoms with Gasteiger partial charge >= 0.3 is 0 Å². The number of pyridine rings is 2. The fourth-order valence-corrected chi connectivity index (χ4v) is 3.87. The molecule has 3 aromatic heterocycles. The summed E-state index contributed by atoms with van der Waals surface area (Å²) in [4.78, 5) is 28.6. The molecule has 0 aliphatic heterocycles. The number of nitrogens with zero attached hydrogens (tertiary/aromatic N) is 3. The number of H-pyrrole nitrogens is 1. The molecule has 2 N–H and O–H groups in total. The summed E-state index contributed by atoms with van der Waals surface area (Å²) in [5, 5.41) is 5.89. The van der Waals surface area contributed by atoms with Crippen LogP contribution in [-0.2, 0) is 17.8 Å². The first-order valence-corrected chi connectivity index (χ1v) is 11.0. The van der Waals surface area contributed by atoms with Crippen LogP contribution in [0.25, 0.3) is 21.9 Å². The van der Waals surface area contributed by atoms with Crippen molar-refractivity contribution in [2.75, 3.05) is 0 Å². The Morgan fingerprint density at radius 2 is 1.97 bits per heavy atom. The summed E-state index contributed by atoms with van der Waals surface area (Å²) in [6.45, 7) is 5.82. The molecule has 0 unspecified atom stereocenters. The van der Waals surface area contributed by atoms with Crippen molar-refractivity contribution in [1.82, 2.24) is 20.3 Å². The number of aromatic amines is 1. The highest BCUT2D eigenvalue weighted by atomic mass is 35.5. The number of allylic oxidation sites excluding steroid dienone is 2. The van der Waals surface area contributed by atoms with E-state index in [1.165, 1.54) is 0 Å². The molecular formula is C25H21Cl2N5O. The van der Waals surface area contributed by atoms with Gasteiger partial charge in [0.2, 0.25) is 0 Å². The van der Waals surface area contributed by atoms with Crippen LogP contribution < -0.4 is 5.32 Å². The smallest absolute Gasteiger partial charge is 0.251 e. The van der Waals surface area contributed by atoms with Crippen molar-refractivity contribution in [3.8, 4) is 0 Å². The van der Waals surface area contributed by atoms with E-state index < -0.39 is 0 Å². The van der Waals surface area contributed by atoms with Crippen LogP contribution in [0.15, 0.2) is 77.3 Å². The minimum Gasteiger partial charge on any atom is -0.348 e. The molecule has 3 heterocycles. The Morgan fingerprint density at radius 1 is 1.18 bits per heavy atom. The van der Waals surface area contributed by atoms with Crippen molar-refractivity contribution < 1.29 is 4.79 Å². The zero-order chi connectivity index (χ0) is 23.4. The predicted molar refractivity (Wildman–Crippen MR) is 135 cm³/mol. The summed E-state index contributed by atoms with van der Waals surface area (Å²) in [6.07, 6.45) is 9.03. The first kappa shape index (κ1) is 22.7. The number of amides is 1. The van der Waals surface area contributed by atoms with Crippen LogP contribution in [0.1, 0.15) is 18.1 Å². The van der Waals surface area contributed by atoms with E-state index in [4.69, 9.17) is 23.2 Å². The SMILES string of the molecule is C=N/C(=C\C(=C/C)C(=O)NCc1c[nH]c2ncc(Cl)cc12)Cc1ccc2ncc(Cl)cc2c1. The van der Waals surface area contributed by atoms with Gasteiger partial charge in [0.25, 0.3) is 5.91 Å². The van der Waals surface area contributed by atoms with Gasteiger partial charge in [-0.05, 0) is 55.1 Å². The molecule has 0 bridgehead atoms. The molecule has 0 atom stereocenters. The van der Waals surface area contributed by atoms with E-state index in [0.29, 0.717) is 34.3 Å². The molecular weight excluding hydrogens is 457 g/mol. The van der Waals surface area contributed by atoms with E-state index in [9.17, 15) is 4.79 Å². The minimum absolute atomic E-state index is 0.211. The molecule has 0 fully saturated rings. The summed E-state index contributed by atoms with van der Waals surface area (Å²) >= 11 is 12.1. The molecule has 1 aromatic carbocycles. The normalized spacial score (nSPS) is 12.3. The van der Waals surface area contributed by atoms with Gasteiger partial charge in [-0.1, -0.05) is 35.3 Å². The average Bonchev–Trinajstić information content (AvgIpc) is 3.21. The van der Waals surface area contributed by atoms with Crippen LogP contribution in [0, 0.1) is 0 Å². The number of rotatable bonds is 7. The standard InChI is InChI=1S/C25H21Cl2N5O/c1-3-16(25(33)32-12-18-11-30-24-22(18)10-20(27)14-31-24)9-21(28-2)7-15-4-5-23-17(6-15)8-19(26)13-29-23/h3-6,8-11,13-14H,2,7,12H2,1H3,(H,30,31)(H,32,33)/b16-3+,21-9-. The maximum atomic E-state index is 12.8. The summed E-state index contributed by atoms with van der Waals surface area (Å²) in [6, 6.07) is 9.63. The number of halogens is 2. The Morgan fingerprint density at radius 3 is 2.76 bits per heavy atom. The van der Waals surface area contributed by atoms with Crippen LogP contribution in [0.4, 0.5) is 0 Å². The molecule has 8 heteroatoms. The van der Waals surface area contributed by atoms with E-state index in [0.717, 1.165) is 33.1 Å². The summed E-state index contributed by atoms with van der Waals surface area (Å²) in [7, 11) is 0. The minimum atomic E-state index is -0.211. The van der Waals surface area contributed by atoms with Crippen LogP contribution in [0.3, 0.4) is 0 Å². The molecule has 0 saturated heterocycles. The van der Waals surface area contributed by atoms with Crippen molar-refractivity contribution >= 4 is 57.8 Å². The number of aromatic nitrogens is 3. The second-order valence-electron chi connectivity index (χ2n) is 7.44. The summed E-state index contributed by atoms with van der Waals surface area (Å²) < 4.78 is 0. The fraction of sp³-hybridized carbons (Fsp3) is 0.120. The number of aliphatic imine (C=N–C) groups is 1. The van der Waals surface area contributed by atoms with Gasteiger partial charge in [-0.2, -0.15) is 0 Å². The van der Waals surface area contributed by atoms with Gasteiger partial charge in [0.05, 0.1) is 15.6 Å². The van der Waals surface area contributed by atoms with E-state index in [-0.39, 0.29) is 5.91 Å². The zero-order valence-corrected chi connectivity index (χ0v) is 19.4. The first-order valence-electron chi connectivity index (χ1n) is 10.2. The van der Waals surface area contributed by atoms with E-state index in [1.807, 2.05) is 43.5 Å². The average molecular weight is 478 g/mol. The number of nitrogens with one attached hydrogen (secondary N) is 2. The number of hydrogen-bond donors (Lipinski definition) is 2. The fourth-order valence-electron chi connectivity index (χ4n) is 3.54. The Bertz CT molecular complexity index is 1420. The zero-order valence-electron chi connectivity index (χ0n) is 17.9. The first-order chi connectivity index (χ1) is 16.0. The second kappa shape index (κ2) is 9.98. The number of benzene rings is 1. The number of carbonyl (C=O) groups excluding carboxylic acids is 1. The molecule has 0 spiro atoms. The van der Waals surface area contributed by atoms with E-state index >= 15 is 0 Å². The molecule has 166 valence electrons. The highest BCUT2D eigenvalue weighted by Gasteiger charge is 2.11. The second-order valence-corrected chi connectivity index (χ2v) is 8.31. The van der Waals surface area contributed by atoms with Crippen molar-refractivity contribution in [2.24, 2.45) is 4.99 Å². The third kappa shape index (κ3) is 5.30. The molecule has 0 aliphatic carbocycles. The van der Waals surface area contributed by atoms with Crippen LogP contribution >= 0.6 is 23.2 Å². The third-order valence-corrected chi connectivity index (χ3v) is 5.63. The van der Waals surface area contributed by atoms with E-state index in [1.54, 1.807) is 24.5 Å². The topological polar surface area (TPSA) is 83.0 Å². The van der Waals surface area contributed by atoms with Crippen molar-refractivity contribution in [3.05, 3.63) is 93.5 Å². The lowest BCUT2D eigenvalue weighted by molar-refractivity contribution is -0.117. The number of fused-ring (bicyclic) bond motifs is 2. The van der Waals surface area contributed by atoms with Crippen LogP contribution in [0.5, 0.6) is 0 Å². The Labute approximate surface area is 201 Å². The Hall–Kier alpha value is -3.48. The largest absolute Gasteiger partial charge is 0.348 e. The van der Waals surface area contributed by atoms with Crippen molar-refractivity contribution in [1.29, 1.82) is 0 Å². The molecule has 0 aliphatic rings. The highest BCUT2D eigenvalue weighted by molar-refractivity contribution is 6.31. The van der Waals surface area contributed by atoms with E-state index in [2.05, 4.69) is 32.0 Å². The monoisotopic (exact) mass is 477 g/mol. The van der Waals surface area contributed by atoms with Crippen molar-refractivity contribution in [3.63, 3.8) is 0 Å². The van der Waals surface area contributed by atoms with Gasteiger partial charge in [-0.3, -0.25) is 14.8 Å². The lowest BCUT2D eigenvalue weighted by Gasteiger charge is -2.08. The molecule has 6 nitrogen and oxygen atoms in total. The van der Waals surface area contributed by atoms with Crippen molar-refractivity contribution in [2.45, 2.75) is 19.9 Å². The lowest BCUT2D eigenvalue weighted by atomic mass is 10.0. The molecule has 0 saturated carbocycles. The molecule has 0 radical (unpaired) electrons. The van der Waals surface area contributed by atoms with Gasteiger partial charge in [0.15, 0.2) is 0 Å². The Kier molecular flexibility index (Phi) is 6.87. The predicted octanol–water partition coefficient (Wildman–Crippen LogP) is 5.81. The van der Waals surface area contributed by atoms with Gasteiger partial charge in [-0.15, -0.1) is 0 Å². The van der Waals surface area contributed by atoms with Gasteiger partial charge < -0.3 is 10.3 Å². The number of carbonyl (C=O) groups is 1. The molecule has 4 rings (SSSR count). The van der Waals surface area contributed by atoms with Gasteiger partial charge in [0.1, 0.15) is 5.65 Å². The van der Waals surface area contributed by atoms with Crippen LogP contribution in [-0.4, -0.2) is 27.6 Å². The van der Waals surface area contributed by atoms with Gasteiger partial charge in [0, 0.05) is 53.6 Å². The maximum absolute atomic E-state index is 12.8. The Balaban J connectivity index is 1.48. The quantitative estimate of drug-likeness (QED) is 0.200. The molecule has 1 amide bonds. The number of hydrogen-bond acceptors (Lipinski definition) is 4.